The maximum absolute atomic E-state index is 12.1. The Labute approximate surface area is 162 Å². The summed E-state index contributed by atoms with van der Waals surface area (Å²) in [5, 5.41) is 6.96. The first-order chi connectivity index (χ1) is 13.5. The third-order valence-electron chi connectivity index (χ3n) is 4.21. The van der Waals surface area contributed by atoms with Crippen LogP contribution < -0.4 is 11.1 Å². The van der Waals surface area contributed by atoms with Crippen LogP contribution in [0.3, 0.4) is 0 Å². The number of carbonyl (C=O) groups is 1. The number of nitrogens with two attached hydrogens (primary N) is 1. The summed E-state index contributed by atoms with van der Waals surface area (Å²) in [7, 11) is 0. The van der Waals surface area contributed by atoms with Gasteiger partial charge in [-0.2, -0.15) is 15.0 Å². The second-order valence-corrected chi connectivity index (χ2v) is 6.21. The number of carbonyl (C=O) groups excluding carboxylic acids is 1. The van der Waals surface area contributed by atoms with Crippen LogP contribution in [0, 0.1) is 13.8 Å². The summed E-state index contributed by atoms with van der Waals surface area (Å²) in [4.78, 5) is 24.5. The number of rotatable bonds is 7. The third-order valence-corrected chi connectivity index (χ3v) is 4.21. The lowest BCUT2D eigenvalue weighted by Gasteiger charge is -2.11. The minimum absolute atomic E-state index is 0.0447. The standard InChI is InChI=1S/C19H22N6O3/c1-4-13-7-5-6-8-15(13)21-19-23-16(22-18(20)24-19)10-27-17(26)9-14-11(2)25-28-12(14)3/h5-8H,4,9-10H2,1-3H3,(H3,20,21,22,23,24). The molecule has 3 rings (SSSR count). The fourth-order valence-corrected chi connectivity index (χ4v) is 2.72. The lowest BCUT2D eigenvalue weighted by molar-refractivity contribution is -0.144. The average Bonchev–Trinajstić information content (AvgIpc) is 2.98. The predicted molar refractivity (Wildman–Crippen MR) is 103 cm³/mol. The number of aryl methyl sites for hydroxylation is 3. The Bertz CT molecular complexity index is 966. The number of esters is 1. The van der Waals surface area contributed by atoms with E-state index in [0.717, 1.165) is 23.2 Å². The first kappa shape index (κ1) is 19.3. The molecule has 146 valence electrons. The van der Waals surface area contributed by atoms with Crippen LogP contribution in [-0.4, -0.2) is 26.1 Å². The maximum atomic E-state index is 12.1. The zero-order valence-corrected chi connectivity index (χ0v) is 16.0. The molecule has 0 aliphatic rings. The van der Waals surface area contributed by atoms with Crippen molar-refractivity contribution in [2.75, 3.05) is 11.1 Å². The van der Waals surface area contributed by atoms with E-state index in [-0.39, 0.29) is 24.8 Å². The molecule has 0 aliphatic heterocycles. The minimum Gasteiger partial charge on any atom is -0.457 e. The summed E-state index contributed by atoms with van der Waals surface area (Å²) < 4.78 is 10.3. The number of anilines is 3. The van der Waals surface area contributed by atoms with Gasteiger partial charge in [-0.05, 0) is 31.9 Å². The van der Waals surface area contributed by atoms with Crippen LogP contribution in [0.25, 0.3) is 0 Å². The summed E-state index contributed by atoms with van der Waals surface area (Å²) in [6.45, 7) is 5.48. The van der Waals surface area contributed by atoms with E-state index in [9.17, 15) is 4.79 Å². The fourth-order valence-electron chi connectivity index (χ4n) is 2.72. The number of ether oxygens (including phenoxy) is 1. The van der Waals surface area contributed by atoms with Gasteiger partial charge < -0.3 is 20.3 Å². The lowest BCUT2D eigenvalue weighted by atomic mass is 10.1. The van der Waals surface area contributed by atoms with Crippen LogP contribution in [0.15, 0.2) is 28.8 Å². The molecule has 1 aromatic carbocycles. The van der Waals surface area contributed by atoms with Gasteiger partial charge in [0.05, 0.1) is 12.1 Å². The molecule has 9 nitrogen and oxygen atoms in total. The van der Waals surface area contributed by atoms with Gasteiger partial charge in [-0.25, -0.2) is 0 Å². The summed E-state index contributed by atoms with van der Waals surface area (Å²) in [5.41, 5.74) is 9.17. The van der Waals surface area contributed by atoms with Gasteiger partial charge in [0.25, 0.3) is 0 Å². The zero-order chi connectivity index (χ0) is 20.1. The molecule has 0 bridgehead atoms. The molecule has 0 amide bonds. The normalized spacial score (nSPS) is 10.7. The molecular weight excluding hydrogens is 360 g/mol. The molecular formula is C19H22N6O3. The van der Waals surface area contributed by atoms with Gasteiger partial charge in [0.1, 0.15) is 5.76 Å². The van der Waals surface area contributed by atoms with Crippen molar-refractivity contribution in [3.8, 4) is 0 Å². The first-order valence-corrected chi connectivity index (χ1v) is 8.89. The highest BCUT2D eigenvalue weighted by atomic mass is 16.5. The second kappa shape index (κ2) is 8.47. The van der Waals surface area contributed by atoms with Gasteiger partial charge in [0.2, 0.25) is 11.9 Å². The predicted octanol–water partition coefficient (Wildman–Crippen LogP) is 2.65. The van der Waals surface area contributed by atoms with Crippen LogP contribution in [-0.2, 0) is 29.0 Å². The molecule has 0 fully saturated rings. The van der Waals surface area contributed by atoms with Gasteiger partial charge in [0, 0.05) is 11.3 Å². The van der Waals surface area contributed by atoms with E-state index in [0.29, 0.717) is 17.4 Å². The van der Waals surface area contributed by atoms with E-state index in [4.69, 9.17) is 15.0 Å². The molecule has 3 aromatic rings. The van der Waals surface area contributed by atoms with Crippen molar-refractivity contribution >= 4 is 23.6 Å². The Morgan fingerprint density at radius 1 is 1.21 bits per heavy atom. The molecule has 2 heterocycles. The highest BCUT2D eigenvalue weighted by molar-refractivity contribution is 5.73. The monoisotopic (exact) mass is 382 g/mol. The molecule has 0 atom stereocenters. The van der Waals surface area contributed by atoms with Crippen LogP contribution in [0.1, 0.15) is 35.3 Å². The number of nitrogen functional groups attached to an aromatic ring is 1. The molecule has 3 N–H and O–H groups in total. The Hall–Kier alpha value is -3.49. The van der Waals surface area contributed by atoms with Crippen molar-refractivity contribution in [3.05, 3.63) is 52.7 Å². The van der Waals surface area contributed by atoms with E-state index >= 15 is 0 Å². The third kappa shape index (κ3) is 4.61. The number of para-hydroxylation sites is 1. The van der Waals surface area contributed by atoms with Crippen molar-refractivity contribution in [3.63, 3.8) is 0 Å². The molecule has 0 aliphatic carbocycles. The van der Waals surface area contributed by atoms with E-state index < -0.39 is 5.97 Å². The largest absolute Gasteiger partial charge is 0.457 e. The van der Waals surface area contributed by atoms with Crippen LogP contribution in [0.2, 0.25) is 0 Å². The Kier molecular flexibility index (Phi) is 5.83. The van der Waals surface area contributed by atoms with Crippen molar-refractivity contribution in [1.82, 2.24) is 20.1 Å². The van der Waals surface area contributed by atoms with E-state index in [2.05, 4.69) is 32.3 Å². The highest BCUT2D eigenvalue weighted by Crippen LogP contribution is 2.19. The molecule has 0 radical (unpaired) electrons. The van der Waals surface area contributed by atoms with Crippen LogP contribution >= 0.6 is 0 Å². The summed E-state index contributed by atoms with van der Waals surface area (Å²) >= 11 is 0. The van der Waals surface area contributed by atoms with E-state index in [1.807, 2.05) is 24.3 Å². The van der Waals surface area contributed by atoms with E-state index in [1.54, 1.807) is 13.8 Å². The maximum Gasteiger partial charge on any atom is 0.310 e. The van der Waals surface area contributed by atoms with Gasteiger partial charge in [-0.15, -0.1) is 0 Å². The van der Waals surface area contributed by atoms with Crippen molar-refractivity contribution in [2.45, 2.75) is 40.2 Å². The molecule has 28 heavy (non-hydrogen) atoms. The molecule has 0 saturated carbocycles. The van der Waals surface area contributed by atoms with Crippen LogP contribution in [0.4, 0.5) is 17.6 Å². The summed E-state index contributed by atoms with van der Waals surface area (Å²) in [6.07, 6.45) is 0.923. The summed E-state index contributed by atoms with van der Waals surface area (Å²) in [6, 6.07) is 7.84. The van der Waals surface area contributed by atoms with Crippen LogP contribution in [0.5, 0.6) is 0 Å². The second-order valence-electron chi connectivity index (χ2n) is 6.21. The Morgan fingerprint density at radius 3 is 2.71 bits per heavy atom. The Balaban J connectivity index is 1.67. The molecule has 2 aromatic heterocycles. The SMILES string of the molecule is CCc1ccccc1Nc1nc(N)nc(COC(=O)Cc2c(C)noc2C)n1. The van der Waals surface area contributed by atoms with E-state index in [1.165, 1.54) is 0 Å². The fraction of sp³-hybridized carbons (Fsp3) is 0.316. The number of aromatic nitrogens is 4. The van der Waals surface area contributed by atoms with Gasteiger partial charge in [0.15, 0.2) is 12.4 Å². The quantitative estimate of drug-likeness (QED) is 0.592. The Morgan fingerprint density at radius 2 is 2.00 bits per heavy atom. The minimum atomic E-state index is -0.431. The average molecular weight is 382 g/mol. The van der Waals surface area contributed by atoms with Gasteiger partial charge >= 0.3 is 5.97 Å². The number of nitrogens with zero attached hydrogens (tertiary/aromatic N) is 4. The highest BCUT2D eigenvalue weighted by Gasteiger charge is 2.15. The number of hydrogen-bond donors (Lipinski definition) is 2. The number of benzene rings is 1. The van der Waals surface area contributed by atoms with Crippen molar-refractivity contribution < 1.29 is 14.1 Å². The molecule has 0 saturated heterocycles. The molecule has 0 spiro atoms. The van der Waals surface area contributed by atoms with Crippen molar-refractivity contribution in [2.24, 2.45) is 0 Å². The zero-order valence-electron chi connectivity index (χ0n) is 16.0. The van der Waals surface area contributed by atoms with Gasteiger partial charge in [-0.1, -0.05) is 30.3 Å². The topological polar surface area (TPSA) is 129 Å². The number of nitrogens with one attached hydrogen (secondary N) is 1. The number of hydrogen-bond acceptors (Lipinski definition) is 9. The first-order valence-electron chi connectivity index (χ1n) is 8.89. The summed E-state index contributed by atoms with van der Waals surface area (Å²) in [5.74, 6) is 0.767. The van der Waals surface area contributed by atoms with Crippen molar-refractivity contribution in [1.29, 1.82) is 0 Å². The smallest absolute Gasteiger partial charge is 0.310 e. The van der Waals surface area contributed by atoms with Gasteiger partial charge in [-0.3, -0.25) is 4.79 Å². The molecule has 9 heteroatoms. The lowest BCUT2D eigenvalue weighted by Crippen LogP contribution is -2.13. The molecule has 0 unspecified atom stereocenters.